The second-order valence-corrected chi connectivity index (χ2v) is 5.90. The van der Waals surface area contributed by atoms with Crippen molar-refractivity contribution >= 4 is 33.2 Å². The lowest BCUT2D eigenvalue weighted by molar-refractivity contribution is 0.581. The van der Waals surface area contributed by atoms with Gasteiger partial charge in [-0.25, -0.2) is 13.1 Å². The molecule has 0 heterocycles. The second kappa shape index (κ2) is 5.36. The molecule has 0 spiro atoms. The van der Waals surface area contributed by atoms with Crippen molar-refractivity contribution in [3.63, 3.8) is 0 Å². The van der Waals surface area contributed by atoms with Crippen LogP contribution in [0.3, 0.4) is 0 Å². The van der Waals surface area contributed by atoms with Gasteiger partial charge in [-0.3, -0.25) is 0 Å². The number of benzene rings is 1. The minimum atomic E-state index is -3.53. The van der Waals surface area contributed by atoms with Crippen molar-refractivity contribution in [2.45, 2.75) is 25.2 Å². The number of halogens is 2. The molecular weight excluding hydrogens is 269 g/mol. The van der Waals surface area contributed by atoms with E-state index in [-0.39, 0.29) is 9.92 Å². The normalized spacial score (nSPS) is 11.8. The average molecular weight is 282 g/mol. The molecule has 0 unspecified atom stereocenters. The van der Waals surface area contributed by atoms with E-state index in [4.69, 9.17) is 23.2 Å². The van der Waals surface area contributed by atoms with Crippen molar-refractivity contribution in [3.05, 3.63) is 27.7 Å². The summed E-state index contributed by atoms with van der Waals surface area (Å²) in [5.41, 5.74) is 0.572. The van der Waals surface area contributed by atoms with E-state index in [1.807, 2.05) is 6.92 Å². The Kier molecular flexibility index (Phi) is 4.62. The molecule has 0 fully saturated rings. The van der Waals surface area contributed by atoms with Crippen LogP contribution >= 0.6 is 23.2 Å². The minimum absolute atomic E-state index is 0.0736. The van der Waals surface area contributed by atoms with Crippen LogP contribution in [0.15, 0.2) is 17.0 Å². The third-order valence-corrected chi connectivity index (χ3v) is 4.63. The highest BCUT2D eigenvalue weighted by molar-refractivity contribution is 7.89. The third kappa shape index (κ3) is 2.88. The van der Waals surface area contributed by atoms with Gasteiger partial charge in [-0.2, -0.15) is 0 Å². The first kappa shape index (κ1) is 13.8. The maximum absolute atomic E-state index is 11.8. The summed E-state index contributed by atoms with van der Waals surface area (Å²) in [6, 6.07) is 2.94. The molecule has 6 heteroatoms. The Morgan fingerprint density at radius 3 is 2.50 bits per heavy atom. The summed E-state index contributed by atoms with van der Waals surface area (Å²) in [4.78, 5) is 0.0736. The van der Waals surface area contributed by atoms with E-state index in [0.29, 0.717) is 17.1 Å². The maximum atomic E-state index is 11.8. The SMILES string of the molecule is CCCNS(=O)(=O)c1ccc(Cl)c(C)c1Cl. The quantitative estimate of drug-likeness (QED) is 0.922. The van der Waals surface area contributed by atoms with Crippen LogP contribution in [0, 0.1) is 6.92 Å². The standard InChI is InChI=1S/C10H13Cl2NO2S/c1-3-6-13-16(14,15)9-5-4-8(11)7(2)10(9)12/h4-5,13H,3,6H2,1-2H3. The molecule has 0 radical (unpaired) electrons. The van der Waals surface area contributed by atoms with E-state index in [1.54, 1.807) is 6.92 Å². The molecule has 1 aromatic carbocycles. The number of rotatable bonds is 4. The van der Waals surface area contributed by atoms with Crippen molar-refractivity contribution in [1.82, 2.24) is 4.72 Å². The van der Waals surface area contributed by atoms with Crippen molar-refractivity contribution in [3.8, 4) is 0 Å². The van der Waals surface area contributed by atoms with Crippen LogP contribution < -0.4 is 4.72 Å². The highest BCUT2D eigenvalue weighted by Crippen LogP contribution is 2.29. The average Bonchev–Trinajstić information content (AvgIpc) is 2.23. The Labute approximate surface area is 106 Å². The van der Waals surface area contributed by atoms with Gasteiger partial charge in [0.25, 0.3) is 0 Å². The van der Waals surface area contributed by atoms with E-state index < -0.39 is 10.0 Å². The van der Waals surface area contributed by atoms with E-state index in [9.17, 15) is 8.42 Å². The Balaban J connectivity index is 3.19. The third-order valence-electron chi connectivity index (χ3n) is 2.12. The molecule has 0 aliphatic heterocycles. The summed E-state index contributed by atoms with van der Waals surface area (Å²) in [6.07, 6.45) is 0.726. The molecule has 1 rings (SSSR count). The monoisotopic (exact) mass is 281 g/mol. The molecule has 0 saturated heterocycles. The molecule has 3 nitrogen and oxygen atoms in total. The topological polar surface area (TPSA) is 46.2 Å². The van der Waals surface area contributed by atoms with Crippen LogP contribution in [0.25, 0.3) is 0 Å². The van der Waals surface area contributed by atoms with Crippen molar-refractivity contribution in [2.24, 2.45) is 0 Å². The van der Waals surface area contributed by atoms with Gasteiger partial charge in [-0.15, -0.1) is 0 Å². The van der Waals surface area contributed by atoms with Gasteiger partial charge < -0.3 is 0 Å². The second-order valence-electron chi connectivity index (χ2n) is 3.38. The fourth-order valence-corrected chi connectivity index (χ4v) is 3.10. The van der Waals surface area contributed by atoms with Gasteiger partial charge >= 0.3 is 0 Å². The van der Waals surface area contributed by atoms with Gasteiger partial charge in [0, 0.05) is 11.6 Å². The van der Waals surface area contributed by atoms with Gasteiger partial charge in [0.15, 0.2) is 0 Å². The van der Waals surface area contributed by atoms with Crippen molar-refractivity contribution in [1.29, 1.82) is 0 Å². The molecule has 0 aliphatic rings. The molecule has 90 valence electrons. The number of sulfonamides is 1. The Bertz CT molecular complexity index is 486. The van der Waals surface area contributed by atoms with Crippen LogP contribution in [0.1, 0.15) is 18.9 Å². The van der Waals surface area contributed by atoms with Crippen LogP contribution in [-0.4, -0.2) is 15.0 Å². The zero-order chi connectivity index (χ0) is 12.3. The van der Waals surface area contributed by atoms with Crippen LogP contribution in [0.4, 0.5) is 0 Å². The van der Waals surface area contributed by atoms with Gasteiger partial charge in [-0.1, -0.05) is 30.1 Å². The highest BCUT2D eigenvalue weighted by Gasteiger charge is 2.19. The summed E-state index contributed by atoms with van der Waals surface area (Å²) in [6.45, 7) is 3.96. The summed E-state index contributed by atoms with van der Waals surface area (Å²) in [5, 5.41) is 0.635. The molecule has 16 heavy (non-hydrogen) atoms. The number of hydrogen-bond donors (Lipinski definition) is 1. The zero-order valence-electron chi connectivity index (χ0n) is 9.05. The smallest absolute Gasteiger partial charge is 0.211 e. The minimum Gasteiger partial charge on any atom is -0.211 e. The van der Waals surface area contributed by atoms with Crippen molar-refractivity contribution in [2.75, 3.05) is 6.54 Å². The first-order chi connectivity index (χ1) is 7.40. The Morgan fingerprint density at radius 1 is 1.31 bits per heavy atom. The lowest BCUT2D eigenvalue weighted by Crippen LogP contribution is -2.24. The Hall–Kier alpha value is -0.290. The molecule has 0 amide bonds. The van der Waals surface area contributed by atoms with Gasteiger partial charge in [0.05, 0.1) is 5.02 Å². The first-order valence-corrected chi connectivity index (χ1v) is 7.08. The lowest BCUT2D eigenvalue weighted by atomic mass is 10.2. The van der Waals surface area contributed by atoms with Crippen LogP contribution in [-0.2, 0) is 10.0 Å². The fourth-order valence-electron chi connectivity index (χ4n) is 1.16. The largest absolute Gasteiger partial charge is 0.242 e. The number of hydrogen-bond acceptors (Lipinski definition) is 2. The summed E-state index contributed by atoms with van der Waals surface area (Å²) in [5.74, 6) is 0. The van der Waals surface area contributed by atoms with Gasteiger partial charge in [0.2, 0.25) is 10.0 Å². The summed E-state index contributed by atoms with van der Waals surface area (Å²) >= 11 is 11.8. The molecule has 0 atom stereocenters. The van der Waals surface area contributed by atoms with Crippen LogP contribution in [0.5, 0.6) is 0 Å². The van der Waals surface area contributed by atoms with Crippen LogP contribution in [0.2, 0.25) is 10.0 Å². The van der Waals surface area contributed by atoms with Gasteiger partial charge in [0.1, 0.15) is 4.90 Å². The molecule has 0 saturated carbocycles. The fraction of sp³-hybridized carbons (Fsp3) is 0.400. The highest BCUT2D eigenvalue weighted by atomic mass is 35.5. The number of nitrogens with one attached hydrogen (secondary N) is 1. The van der Waals surface area contributed by atoms with Crippen molar-refractivity contribution < 1.29 is 8.42 Å². The summed E-state index contributed by atoms with van der Waals surface area (Å²) in [7, 11) is -3.53. The zero-order valence-corrected chi connectivity index (χ0v) is 11.4. The van der Waals surface area contributed by atoms with E-state index >= 15 is 0 Å². The van der Waals surface area contributed by atoms with Gasteiger partial charge in [-0.05, 0) is 31.0 Å². The predicted molar refractivity (Wildman–Crippen MR) is 66.7 cm³/mol. The first-order valence-electron chi connectivity index (χ1n) is 4.84. The molecule has 1 aromatic rings. The molecule has 0 aliphatic carbocycles. The van der Waals surface area contributed by atoms with E-state index in [0.717, 1.165) is 6.42 Å². The lowest BCUT2D eigenvalue weighted by Gasteiger charge is -2.10. The predicted octanol–water partition coefficient (Wildman–Crippen LogP) is 2.99. The molecular formula is C10H13Cl2NO2S. The summed E-state index contributed by atoms with van der Waals surface area (Å²) < 4.78 is 26.1. The van der Waals surface area contributed by atoms with E-state index in [2.05, 4.69) is 4.72 Å². The molecule has 1 N–H and O–H groups in total. The Morgan fingerprint density at radius 2 is 1.94 bits per heavy atom. The molecule has 0 aromatic heterocycles. The van der Waals surface area contributed by atoms with E-state index in [1.165, 1.54) is 12.1 Å². The maximum Gasteiger partial charge on any atom is 0.242 e. The molecule has 0 bridgehead atoms.